The van der Waals surface area contributed by atoms with Crippen LogP contribution in [0.5, 0.6) is 0 Å². The van der Waals surface area contributed by atoms with Gasteiger partial charge in [-0.2, -0.15) is 5.26 Å². The van der Waals surface area contributed by atoms with E-state index in [9.17, 15) is 9.59 Å². The minimum atomic E-state index is -0.261. The highest BCUT2D eigenvalue weighted by Crippen LogP contribution is 2.07. The minimum absolute atomic E-state index is 0. The number of nitriles is 1. The molecule has 1 aliphatic rings. The van der Waals surface area contributed by atoms with Crippen molar-refractivity contribution in [1.29, 1.82) is 5.26 Å². The molecule has 1 amide bonds. The van der Waals surface area contributed by atoms with Gasteiger partial charge in [-0.3, -0.25) is 9.69 Å². The highest BCUT2D eigenvalue weighted by molar-refractivity contribution is 5.93. The summed E-state index contributed by atoms with van der Waals surface area (Å²) in [4.78, 5) is 27.5. The lowest BCUT2D eigenvalue weighted by atomic mass is 10.1. The fraction of sp³-hybridized carbons (Fsp3) is 0.421. The van der Waals surface area contributed by atoms with Crippen LogP contribution >= 0.6 is 12.4 Å². The van der Waals surface area contributed by atoms with E-state index in [1.807, 2.05) is 12.1 Å². The molecular formula is C19H24ClN3O3. The van der Waals surface area contributed by atoms with E-state index in [1.165, 1.54) is 0 Å². The van der Waals surface area contributed by atoms with E-state index in [1.54, 1.807) is 36.1 Å². The largest absolute Gasteiger partial charge is 0.450 e. The van der Waals surface area contributed by atoms with Gasteiger partial charge in [-0.1, -0.05) is 18.2 Å². The van der Waals surface area contributed by atoms with Crippen molar-refractivity contribution in [1.82, 2.24) is 9.80 Å². The molecule has 1 aromatic carbocycles. The molecule has 0 unspecified atom stereocenters. The number of ether oxygens (including phenoxy) is 1. The number of benzene rings is 1. The Morgan fingerprint density at radius 3 is 2.42 bits per heavy atom. The number of rotatable bonds is 6. The lowest BCUT2D eigenvalue weighted by Gasteiger charge is -2.33. The molecule has 0 aliphatic carbocycles. The van der Waals surface area contributed by atoms with Crippen molar-refractivity contribution in [2.75, 3.05) is 39.3 Å². The average Bonchev–Trinajstić information content (AvgIpc) is 2.65. The van der Waals surface area contributed by atoms with Crippen molar-refractivity contribution >= 4 is 30.4 Å². The van der Waals surface area contributed by atoms with E-state index in [0.29, 0.717) is 38.2 Å². The number of carbonyl (C=O) groups excluding carboxylic acids is 2. The molecule has 1 fully saturated rings. The van der Waals surface area contributed by atoms with Crippen LogP contribution < -0.4 is 0 Å². The first-order valence-electron chi connectivity index (χ1n) is 8.47. The third-order valence-electron chi connectivity index (χ3n) is 4.07. The second-order valence-electron chi connectivity index (χ2n) is 5.81. The molecular weight excluding hydrogens is 354 g/mol. The van der Waals surface area contributed by atoms with Crippen LogP contribution in [-0.2, 0) is 9.53 Å². The predicted octanol–water partition coefficient (Wildman–Crippen LogP) is 2.73. The highest BCUT2D eigenvalue weighted by atomic mass is 35.5. The maximum atomic E-state index is 12.0. The van der Waals surface area contributed by atoms with Gasteiger partial charge in [0.2, 0.25) is 0 Å². The van der Waals surface area contributed by atoms with Crippen LogP contribution in [0.4, 0.5) is 4.79 Å². The summed E-state index contributed by atoms with van der Waals surface area (Å²) in [6, 6.07) is 9.16. The third-order valence-corrected chi connectivity index (χ3v) is 4.07. The summed E-state index contributed by atoms with van der Waals surface area (Å²) in [7, 11) is 0. The summed E-state index contributed by atoms with van der Waals surface area (Å²) in [5.74, 6) is 0.0668. The molecule has 0 spiro atoms. The maximum Gasteiger partial charge on any atom is 0.409 e. The van der Waals surface area contributed by atoms with Crippen LogP contribution in [0, 0.1) is 11.3 Å². The number of piperazine rings is 1. The van der Waals surface area contributed by atoms with Crippen LogP contribution in [-0.4, -0.2) is 61.0 Å². The van der Waals surface area contributed by atoms with E-state index >= 15 is 0 Å². The Bertz CT molecular complexity index is 660. The first-order valence-corrected chi connectivity index (χ1v) is 8.47. The molecule has 140 valence electrons. The van der Waals surface area contributed by atoms with E-state index in [-0.39, 0.29) is 24.3 Å². The van der Waals surface area contributed by atoms with Crippen molar-refractivity contribution in [3.8, 4) is 6.07 Å². The molecule has 1 heterocycles. The normalized spacial score (nSPS) is 14.5. The van der Waals surface area contributed by atoms with Gasteiger partial charge in [-0.15, -0.1) is 12.4 Å². The number of nitrogens with zero attached hydrogens (tertiary/aromatic N) is 3. The van der Waals surface area contributed by atoms with Crippen LogP contribution in [0.25, 0.3) is 6.08 Å². The highest BCUT2D eigenvalue weighted by Gasteiger charge is 2.21. The zero-order valence-corrected chi connectivity index (χ0v) is 15.7. The summed E-state index contributed by atoms with van der Waals surface area (Å²) >= 11 is 0. The Morgan fingerprint density at radius 2 is 1.85 bits per heavy atom. The second-order valence-corrected chi connectivity index (χ2v) is 5.81. The van der Waals surface area contributed by atoms with Gasteiger partial charge in [-0.25, -0.2) is 4.79 Å². The Hall–Kier alpha value is -2.36. The molecule has 0 bridgehead atoms. The zero-order chi connectivity index (χ0) is 18.1. The van der Waals surface area contributed by atoms with Crippen molar-refractivity contribution in [2.45, 2.75) is 13.3 Å². The van der Waals surface area contributed by atoms with Crippen molar-refractivity contribution in [2.24, 2.45) is 0 Å². The lowest BCUT2D eigenvalue weighted by molar-refractivity contribution is -0.115. The molecule has 1 aromatic rings. The molecule has 26 heavy (non-hydrogen) atoms. The smallest absolute Gasteiger partial charge is 0.409 e. The Labute approximate surface area is 160 Å². The number of amides is 1. The van der Waals surface area contributed by atoms with E-state index in [0.717, 1.165) is 18.7 Å². The number of allylic oxidation sites excluding steroid dienone is 1. The molecule has 0 atom stereocenters. The monoisotopic (exact) mass is 377 g/mol. The molecule has 0 aromatic heterocycles. The second kappa shape index (κ2) is 11.3. The Balaban J connectivity index is 0.00000338. The van der Waals surface area contributed by atoms with E-state index in [4.69, 9.17) is 10.00 Å². The van der Waals surface area contributed by atoms with E-state index < -0.39 is 0 Å². The number of ketones is 1. The van der Waals surface area contributed by atoms with Crippen LogP contribution in [0.3, 0.4) is 0 Å². The van der Waals surface area contributed by atoms with Gasteiger partial charge in [0, 0.05) is 39.1 Å². The van der Waals surface area contributed by atoms with E-state index in [2.05, 4.69) is 11.0 Å². The van der Waals surface area contributed by atoms with Crippen molar-refractivity contribution < 1.29 is 14.3 Å². The van der Waals surface area contributed by atoms with Crippen molar-refractivity contribution in [3.63, 3.8) is 0 Å². The molecule has 0 radical (unpaired) electrons. The zero-order valence-electron chi connectivity index (χ0n) is 14.9. The minimum Gasteiger partial charge on any atom is -0.450 e. The number of halogens is 1. The third kappa shape index (κ3) is 6.87. The molecule has 1 aliphatic heterocycles. The fourth-order valence-electron chi connectivity index (χ4n) is 2.58. The average molecular weight is 378 g/mol. The molecule has 7 heteroatoms. The van der Waals surface area contributed by atoms with Crippen molar-refractivity contribution in [3.05, 3.63) is 41.5 Å². The number of hydrogen-bond donors (Lipinski definition) is 0. The predicted molar refractivity (Wildman–Crippen MR) is 102 cm³/mol. The van der Waals surface area contributed by atoms with Gasteiger partial charge in [0.1, 0.15) is 0 Å². The van der Waals surface area contributed by atoms with Gasteiger partial charge in [0.25, 0.3) is 0 Å². The quantitative estimate of drug-likeness (QED) is 0.712. The summed E-state index contributed by atoms with van der Waals surface area (Å²) in [5.41, 5.74) is 1.50. The number of hydrogen-bond acceptors (Lipinski definition) is 5. The first kappa shape index (κ1) is 21.7. The first-order chi connectivity index (χ1) is 12.1. The molecule has 6 nitrogen and oxygen atoms in total. The summed E-state index contributed by atoms with van der Waals surface area (Å²) < 4.78 is 4.99. The van der Waals surface area contributed by atoms with Crippen LogP contribution in [0.1, 0.15) is 24.5 Å². The van der Waals surface area contributed by atoms with Crippen LogP contribution in [0.2, 0.25) is 0 Å². The molecule has 1 saturated heterocycles. The Morgan fingerprint density at radius 1 is 1.19 bits per heavy atom. The van der Waals surface area contributed by atoms with Gasteiger partial charge in [0.15, 0.2) is 5.78 Å². The summed E-state index contributed by atoms with van der Waals surface area (Å²) in [5, 5.41) is 8.76. The standard InChI is InChI=1S/C19H23N3O3.ClH/c1-2-25-19(24)22-13-11-21(12-14-22)10-9-18(23)8-7-16-3-5-17(15-20)6-4-16;/h3-8H,2,9-14H2,1H3;1H. The summed E-state index contributed by atoms with van der Waals surface area (Å²) in [6.45, 7) is 5.65. The Kier molecular flexibility index (Phi) is 9.42. The van der Waals surface area contributed by atoms with Gasteiger partial charge >= 0.3 is 6.09 Å². The SMILES string of the molecule is CCOC(=O)N1CCN(CCC(=O)C=Cc2ccc(C#N)cc2)CC1.Cl. The van der Waals surface area contributed by atoms with Gasteiger partial charge in [0.05, 0.1) is 18.2 Å². The molecule has 0 saturated carbocycles. The van der Waals surface area contributed by atoms with Gasteiger partial charge < -0.3 is 9.64 Å². The molecule has 2 rings (SSSR count). The topological polar surface area (TPSA) is 73.6 Å². The fourth-order valence-corrected chi connectivity index (χ4v) is 2.58. The number of carbonyl (C=O) groups is 2. The lowest BCUT2D eigenvalue weighted by Crippen LogP contribution is -2.49. The molecule has 0 N–H and O–H groups in total. The maximum absolute atomic E-state index is 12.0. The van der Waals surface area contributed by atoms with Crippen LogP contribution in [0.15, 0.2) is 30.3 Å². The summed E-state index contributed by atoms with van der Waals surface area (Å²) in [6.07, 6.45) is 3.54. The van der Waals surface area contributed by atoms with Gasteiger partial charge in [-0.05, 0) is 30.7 Å².